The second kappa shape index (κ2) is 16.5. The Morgan fingerprint density at radius 2 is 1.54 bits per heavy atom. The molecule has 1 heterocycles. The molecule has 0 spiro atoms. The number of nitrogens with zero attached hydrogens (tertiary/aromatic N) is 5. The Balaban J connectivity index is 1.59. The lowest BCUT2D eigenvalue weighted by atomic mass is 9.95. The summed E-state index contributed by atoms with van der Waals surface area (Å²) in [5.74, 6) is -0.804. The topological polar surface area (TPSA) is 214 Å². The normalized spacial score (nSPS) is 12.9. The van der Waals surface area contributed by atoms with Gasteiger partial charge >= 0.3 is 12.2 Å². The molecular weight excluding hydrogens is 747 g/mol. The molecule has 1 aliphatic rings. The Morgan fingerprint density at radius 1 is 0.963 bits per heavy atom. The van der Waals surface area contributed by atoms with E-state index in [4.69, 9.17) is 47.9 Å². The summed E-state index contributed by atoms with van der Waals surface area (Å²) in [5, 5.41) is 16.7. The van der Waals surface area contributed by atoms with Crippen molar-refractivity contribution in [1.82, 2.24) is 14.9 Å². The predicted molar refractivity (Wildman–Crippen MR) is 204 cm³/mol. The molecule has 0 aliphatic heterocycles. The molecule has 0 atom stereocenters. The number of methoxy groups -OCH3 is 2. The second-order valence-corrected chi connectivity index (χ2v) is 15.1. The first kappa shape index (κ1) is 41.6. The minimum absolute atomic E-state index is 0.00517. The Kier molecular flexibility index (Phi) is 12.7. The summed E-state index contributed by atoms with van der Waals surface area (Å²) in [6, 6.07) is 4.39. The van der Waals surface area contributed by atoms with Gasteiger partial charge in [-0.2, -0.15) is 0 Å². The van der Waals surface area contributed by atoms with Gasteiger partial charge in [0.2, 0.25) is 0 Å². The number of benzene rings is 2. The summed E-state index contributed by atoms with van der Waals surface area (Å²) in [5.41, 5.74) is 4.58. The maximum absolute atomic E-state index is 14.4. The van der Waals surface area contributed by atoms with E-state index in [0.717, 1.165) is 6.33 Å². The van der Waals surface area contributed by atoms with Crippen molar-refractivity contribution in [3.05, 3.63) is 61.4 Å². The van der Waals surface area contributed by atoms with Crippen molar-refractivity contribution >= 4 is 70.0 Å². The number of nitrogens with two attached hydrogens (primary N) is 1. The van der Waals surface area contributed by atoms with Gasteiger partial charge in [0.25, 0.3) is 11.6 Å². The summed E-state index contributed by atoms with van der Waals surface area (Å²) in [6.07, 6.45) is 0.629. The zero-order chi connectivity index (χ0) is 40.3. The zero-order valence-corrected chi connectivity index (χ0v) is 33.0. The summed E-state index contributed by atoms with van der Waals surface area (Å²) in [6.45, 7) is 8.66. The number of carbonyl (C=O) groups is 3. The summed E-state index contributed by atoms with van der Waals surface area (Å²) in [7, 11) is 6.23. The van der Waals surface area contributed by atoms with E-state index in [1.807, 2.05) is 19.0 Å². The van der Waals surface area contributed by atoms with Gasteiger partial charge in [0.1, 0.15) is 50.5 Å². The van der Waals surface area contributed by atoms with E-state index in [-0.39, 0.29) is 68.3 Å². The van der Waals surface area contributed by atoms with Crippen LogP contribution in [0, 0.1) is 10.1 Å². The number of nitrogen functional groups attached to an aromatic ring is 1. The van der Waals surface area contributed by atoms with Crippen LogP contribution < -0.4 is 30.7 Å². The maximum Gasteiger partial charge on any atom is 0.413 e. The maximum atomic E-state index is 14.4. The van der Waals surface area contributed by atoms with Crippen LogP contribution in [0.3, 0.4) is 0 Å². The molecule has 1 saturated carbocycles. The molecule has 3 amide bonds. The van der Waals surface area contributed by atoms with Crippen molar-refractivity contribution in [3.8, 4) is 11.5 Å². The van der Waals surface area contributed by atoms with Gasteiger partial charge in [-0.1, -0.05) is 35.3 Å². The number of nitro groups is 1. The molecule has 1 aliphatic carbocycles. The molecule has 4 N–H and O–H groups in total. The minimum Gasteiger partial charge on any atom is -0.494 e. The molecule has 19 heteroatoms. The highest BCUT2D eigenvalue weighted by Gasteiger charge is 2.40. The fourth-order valence-electron chi connectivity index (χ4n) is 5.60. The van der Waals surface area contributed by atoms with Gasteiger partial charge in [-0.05, 0) is 67.1 Å². The number of anilines is 4. The third-order valence-electron chi connectivity index (χ3n) is 7.85. The SMILES string of the molecule is COc1c(Cl)c(NC(=O)OC(C)(C)C)c(Cl)c(OC)c1C(=O)N(c1cc(NC(=O)OC(C)(C)Cc2ccc(CN(C)C)c(N)c2[N+](=O)[O-])ncn1)C1CC1. The molecule has 4 rings (SSSR count). The lowest BCUT2D eigenvalue weighted by molar-refractivity contribution is -0.384. The molecule has 1 fully saturated rings. The minimum atomic E-state index is -1.23. The van der Waals surface area contributed by atoms with Gasteiger partial charge in [0, 0.05) is 30.6 Å². The first-order chi connectivity index (χ1) is 25.2. The first-order valence-corrected chi connectivity index (χ1v) is 17.4. The molecule has 0 bridgehead atoms. The van der Waals surface area contributed by atoms with Crippen LogP contribution in [0.1, 0.15) is 68.9 Å². The smallest absolute Gasteiger partial charge is 0.413 e. The van der Waals surface area contributed by atoms with E-state index >= 15 is 0 Å². The van der Waals surface area contributed by atoms with E-state index in [1.165, 1.54) is 25.2 Å². The number of hydrogen-bond acceptors (Lipinski definition) is 13. The predicted octanol–water partition coefficient (Wildman–Crippen LogP) is 7.08. The van der Waals surface area contributed by atoms with Gasteiger partial charge in [-0.25, -0.2) is 19.6 Å². The number of carbonyl (C=O) groups excluding carboxylic acids is 3. The summed E-state index contributed by atoms with van der Waals surface area (Å²) >= 11 is 13.3. The van der Waals surface area contributed by atoms with Crippen molar-refractivity contribution in [2.75, 3.05) is 49.6 Å². The molecule has 54 heavy (non-hydrogen) atoms. The van der Waals surface area contributed by atoms with Crippen LogP contribution in [0.15, 0.2) is 24.5 Å². The van der Waals surface area contributed by atoms with E-state index in [0.29, 0.717) is 30.5 Å². The van der Waals surface area contributed by atoms with Crippen molar-refractivity contribution in [2.24, 2.45) is 0 Å². The van der Waals surface area contributed by atoms with Crippen molar-refractivity contribution in [2.45, 2.75) is 77.7 Å². The largest absolute Gasteiger partial charge is 0.494 e. The Morgan fingerprint density at radius 3 is 2.06 bits per heavy atom. The molecule has 17 nitrogen and oxygen atoms in total. The highest BCUT2D eigenvalue weighted by Crippen LogP contribution is 2.49. The molecular formula is C35H44Cl2N8O9. The standard InChI is InChI=1S/C35H44Cl2N8O9/c1-34(2,3)53-33(48)42-27-24(36)29(51-8)23(30(52-9)25(27)37)31(46)44(20-12-13-20)22-14-21(39-17-40-22)41-32(47)54-35(4,5)15-18-10-11-19(16-43(6)7)26(38)28(18)45(49)50/h10-11,14,17,20H,12-13,15-16,38H2,1-9H3,(H,42,48)(H,39,40,41,47). The van der Waals surface area contributed by atoms with Gasteiger partial charge in [0.05, 0.1) is 24.8 Å². The monoisotopic (exact) mass is 790 g/mol. The lowest BCUT2D eigenvalue weighted by Gasteiger charge is -2.26. The Labute approximate surface area is 322 Å². The van der Waals surface area contributed by atoms with Crippen molar-refractivity contribution in [3.63, 3.8) is 0 Å². The number of nitrogens with one attached hydrogen (secondary N) is 2. The van der Waals surface area contributed by atoms with Crippen LogP contribution in [0.2, 0.25) is 10.0 Å². The van der Waals surface area contributed by atoms with E-state index in [1.54, 1.807) is 46.8 Å². The quantitative estimate of drug-likeness (QED) is 0.0898. The summed E-state index contributed by atoms with van der Waals surface area (Å²) < 4.78 is 22.1. The highest BCUT2D eigenvalue weighted by atomic mass is 35.5. The van der Waals surface area contributed by atoms with Crippen LogP contribution in [-0.4, -0.2) is 83.4 Å². The highest BCUT2D eigenvalue weighted by molar-refractivity contribution is 6.43. The number of amides is 3. The van der Waals surface area contributed by atoms with E-state index in [2.05, 4.69) is 20.6 Å². The van der Waals surface area contributed by atoms with Gasteiger partial charge in [-0.15, -0.1) is 0 Å². The third-order valence-corrected chi connectivity index (χ3v) is 8.57. The van der Waals surface area contributed by atoms with Crippen LogP contribution in [0.25, 0.3) is 0 Å². The van der Waals surface area contributed by atoms with Crippen molar-refractivity contribution in [1.29, 1.82) is 0 Å². The first-order valence-electron chi connectivity index (χ1n) is 16.7. The lowest BCUT2D eigenvalue weighted by Crippen LogP contribution is -2.35. The molecule has 0 unspecified atom stereocenters. The van der Waals surface area contributed by atoms with Crippen LogP contribution in [0.4, 0.5) is 38.3 Å². The second-order valence-electron chi connectivity index (χ2n) is 14.3. The summed E-state index contributed by atoms with van der Waals surface area (Å²) in [4.78, 5) is 63.2. The van der Waals surface area contributed by atoms with Crippen LogP contribution >= 0.6 is 23.2 Å². The molecule has 0 radical (unpaired) electrons. The van der Waals surface area contributed by atoms with Crippen molar-refractivity contribution < 1.29 is 38.3 Å². The Bertz CT molecular complexity index is 1920. The number of hydrogen-bond donors (Lipinski definition) is 3. The number of rotatable bonds is 13. The van der Waals surface area contributed by atoms with Crippen LogP contribution in [-0.2, 0) is 22.4 Å². The van der Waals surface area contributed by atoms with Gasteiger partial charge in [0.15, 0.2) is 11.5 Å². The van der Waals surface area contributed by atoms with Gasteiger partial charge < -0.3 is 29.6 Å². The number of ether oxygens (including phenoxy) is 4. The fourth-order valence-corrected chi connectivity index (χ4v) is 6.28. The Hall–Kier alpha value is -5.13. The third kappa shape index (κ3) is 9.89. The average molecular weight is 792 g/mol. The zero-order valence-electron chi connectivity index (χ0n) is 31.5. The fraction of sp³-hybridized carbons (Fsp3) is 0.457. The van der Waals surface area contributed by atoms with E-state index < -0.39 is 34.2 Å². The molecule has 3 aromatic rings. The average Bonchev–Trinajstić information content (AvgIpc) is 3.88. The molecule has 0 saturated heterocycles. The van der Waals surface area contributed by atoms with Crippen LogP contribution in [0.5, 0.6) is 11.5 Å². The molecule has 1 aromatic heterocycles. The van der Waals surface area contributed by atoms with E-state index in [9.17, 15) is 24.5 Å². The number of aromatic nitrogens is 2. The number of halogens is 2. The molecule has 292 valence electrons. The number of nitro benzene ring substituents is 1. The van der Waals surface area contributed by atoms with Gasteiger partial charge in [-0.3, -0.25) is 30.4 Å². The molecule has 2 aromatic carbocycles.